The molecule has 1 heterocycles. The van der Waals surface area contributed by atoms with Gasteiger partial charge in [-0.25, -0.2) is 4.79 Å². The number of nitrogens with one attached hydrogen (secondary N) is 1. The van der Waals surface area contributed by atoms with E-state index in [-0.39, 0.29) is 18.2 Å². The maximum atomic E-state index is 11.9. The highest BCUT2D eigenvalue weighted by Crippen LogP contribution is 2.26. The summed E-state index contributed by atoms with van der Waals surface area (Å²) in [7, 11) is 1.49. The minimum Gasteiger partial charge on any atom is -0.494 e. The second-order valence-electron chi connectivity index (χ2n) is 5.84. The van der Waals surface area contributed by atoms with Gasteiger partial charge in [-0.05, 0) is 43.5 Å². The summed E-state index contributed by atoms with van der Waals surface area (Å²) in [6.07, 6.45) is 1.90. The van der Waals surface area contributed by atoms with Crippen LogP contribution in [0.4, 0.5) is 5.69 Å². The molecule has 1 aromatic rings. The van der Waals surface area contributed by atoms with Gasteiger partial charge in [0.2, 0.25) is 11.8 Å². The fraction of sp³-hybridized carbons (Fsp3) is 0.471. The van der Waals surface area contributed by atoms with Gasteiger partial charge in [-0.1, -0.05) is 0 Å². The summed E-state index contributed by atoms with van der Waals surface area (Å²) in [6, 6.07) is 4.66. The van der Waals surface area contributed by atoms with Gasteiger partial charge < -0.3 is 20.1 Å². The number of carboxylic acids is 1. The van der Waals surface area contributed by atoms with Crippen molar-refractivity contribution in [2.45, 2.75) is 38.6 Å². The number of hydrogen-bond donors (Lipinski definition) is 2. The number of carbonyl (C=O) groups excluding carboxylic acids is 2. The summed E-state index contributed by atoms with van der Waals surface area (Å²) >= 11 is 0. The lowest BCUT2D eigenvalue weighted by Crippen LogP contribution is -2.40. The molecule has 1 atom stereocenters. The van der Waals surface area contributed by atoms with Gasteiger partial charge in [-0.2, -0.15) is 0 Å². The molecule has 130 valence electrons. The van der Waals surface area contributed by atoms with Gasteiger partial charge in [-0.3, -0.25) is 9.59 Å². The summed E-state index contributed by atoms with van der Waals surface area (Å²) in [5.74, 6) is -0.524. The van der Waals surface area contributed by atoms with Crippen LogP contribution in [0.2, 0.25) is 0 Å². The summed E-state index contributed by atoms with van der Waals surface area (Å²) in [5, 5.41) is 11.7. The highest BCUT2D eigenvalue weighted by molar-refractivity contribution is 5.94. The van der Waals surface area contributed by atoms with E-state index in [1.807, 2.05) is 12.1 Å². The van der Waals surface area contributed by atoms with Crippen LogP contribution in [0.3, 0.4) is 0 Å². The Kier molecular flexibility index (Phi) is 5.78. The third kappa shape index (κ3) is 4.47. The van der Waals surface area contributed by atoms with Crippen molar-refractivity contribution in [2.24, 2.45) is 0 Å². The molecule has 2 amide bonds. The van der Waals surface area contributed by atoms with Crippen molar-refractivity contribution in [3.05, 3.63) is 23.8 Å². The molecule has 1 aliphatic heterocycles. The summed E-state index contributed by atoms with van der Waals surface area (Å²) in [4.78, 5) is 35.3. The van der Waals surface area contributed by atoms with Crippen LogP contribution in [0, 0.1) is 0 Å². The normalized spacial score (nSPS) is 14.3. The number of rotatable bonds is 7. The highest BCUT2D eigenvalue weighted by atomic mass is 16.5. The number of hydrogen-bond acceptors (Lipinski definition) is 4. The Morgan fingerprint density at radius 1 is 1.38 bits per heavy atom. The quantitative estimate of drug-likeness (QED) is 0.739. The van der Waals surface area contributed by atoms with Crippen LogP contribution in [0.25, 0.3) is 0 Å². The number of carbonyl (C=O) groups is 3. The minimum absolute atomic E-state index is 0.0226. The third-order valence-corrected chi connectivity index (χ3v) is 4.11. The first kappa shape index (κ1) is 17.8. The second kappa shape index (κ2) is 7.81. The first-order valence-corrected chi connectivity index (χ1v) is 7.92. The molecule has 0 bridgehead atoms. The van der Waals surface area contributed by atoms with Gasteiger partial charge in [0, 0.05) is 25.6 Å². The lowest BCUT2D eigenvalue weighted by molar-refractivity contribution is -0.148. The molecule has 0 saturated carbocycles. The maximum absolute atomic E-state index is 11.9. The number of ether oxygens (including phenoxy) is 1. The van der Waals surface area contributed by atoms with E-state index in [2.05, 4.69) is 5.32 Å². The number of carboxylic acid groups (broad SMARTS) is 1. The average molecular weight is 334 g/mol. The van der Waals surface area contributed by atoms with Gasteiger partial charge >= 0.3 is 5.97 Å². The Bertz CT molecular complexity index is 644. The van der Waals surface area contributed by atoms with Crippen LogP contribution in [0.5, 0.6) is 5.75 Å². The molecule has 7 heteroatoms. The average Bonchev–Trinajstić information content (AvgIpc) is 2.57. The summed E-state index contributed by atoms with van der Waals surface area (Å²) in [5.41, 5.74) is 1.86. The van der Waals surface area contributed by atoms with Crippen molar-refractivity contribution in [1.29, 1.82) is 0 Å². The van der Waals surface area contributed by atoms with Crippen LogP contribution in [0.1, 0.15) is 31.7 Å². The second-order valence-corrected chi connectivity index (χ2v) is 5.84. The van der Waals surface area contributed by atoms with Gasteiger partial charge in [0.15, 0.2) is 0 Å². The van der Waals surface area contributed by atoms with Crippen molar-refractivity contribution >= 4 is 23.5 Å². The summed E-state index contributed by atoms with van der Waals surface area (Å²) < 4.78 is 5.64. The van der Waals surface area contributed by atoms with Crippen molar-refractivity contribution in [1.82, 2.24) is 4.90 Å². The van der Waals surface area contributed by atoms with Crippen molar-refractivity contribution in [3.8, 4) is 5.75 Å². The van der Waals surface area contributed by atoms with E-state index in [4.69, 9.17) is 9.84 Å². The third-order valence-electron chi connectivity index (χ3n) is 4.11. The van der Waals surface area contributed by atoms with Crippen LogP contribution in [-0.2, 0) is 20.8 Å². The SMILES string of the molecule is C[C@H](C(=O)O)N(C)C(=O)CCCOc1ccc2c(c1)CCC(=O)N2. The Balaban J connectivity index is 1.77. The molecule has 0 radical (unpaired) electrons. The van der Waals surface area contributed by atoms with Gasteiger partial charge in [0.05, 0.1) is 6.61 Å². The molecule has 0 fully saturated rings. The molecule has 0 aliphatic carbocycles. The molecule has 1 aliphatic rings. The number of likely N-dealkylation sites (N-methyl/N-ethyl adjacent to an activating group) is 1. The monoisotopic (exact) mass is 334 g/mol. The van der Waals surface area contributed by atoms with Crippen LogP contribution in [0.15, 0.2) is 18.2 Å². The Morgan fingerprint density at radius 2 is 2.12 bits per heavy atom. The predicted octanol–water partition coefficient (Wildman–Crippen LogP) is 1.66. The Hall–Kier alpha value is -2.57. The molecular formula is C17H22N2O5. The number of fused-ring (bicyclic) bond motifs is 1. The van der Waals surface area contributed by atoms with E-state index >= 15 is 0 Å². The molecule has 0 aromatic heterocycles. The van der Waals surface area contributed by atoms with Gasteiger partial charge in [-0.15, -0.1) is 0 Å². The number of benzene rings is 1. The van der Waals surface area contributed by atoms with E-state index in [1.54, 1.807) is 6.07 Å². The lowest BCUT2D eigenvalue weighted by atomic mass is 10.0. The van der Waals surface area contributed by atoms with Crippen molar-refractivity contribution < 1.29 is 24.2 Å². The number of anilines is 1. The summed E-state index contributed by atoms with van der Waals surface area (Å²) in [6.45, 7) is 1.84. The lowest BCUT2D eigenvalue weighted by Gasteiger charge is -2.21. The molecule has 0 spiro atoms. The molecule has 2 N–H and O–H groups in total. The standard InChI is InChI=1S/C17H22N2O5/c1-11(17(22)23)19(2)16(21)4-3-9-24-13-6-7-14-12(10-13)5-8-15(20)18-14/h6-7,10-11H,3-5,8-9H2,1-2H3,(H,18,20)(H,22,23)/t11-/m1/s1. The van der Waals surface area contributed by atoms with Crippen molar-refractivity contribution in [2.75, 3.05) is 19.0 Å². The fourth-order valence-electron chi connectivity index (χ4n) is 2.42. The van der Waals surface area contributed by atoms with Crippen LogP contribution < -0.4 is 10.1 Å². The minimum atomic E-state index is -1.02. The van der Waals surface area contributed by atoms with E-state index < -0.39 is 12.0 Å². The largest absolute Gasteiger partial charge is 0.494 e. The maximum Gasteiger partial charge on any atom is 0.326 e. The van der Waals surface area contributed by atoms with Gasteiger partial charge in [0.1, 0.15) is 11.8 Å². The smallest absolute Gasteiger partial charge is 0.326 e. The molecule has 1 aromatic carbocycles. The van der Waals surface area contributed by atoms with Crippen LogP contribution >= 0.6 is 0 Å². The van der Waals surface area contributed by atoms with Crippen molar-refractivity contribution in [3.63, 3.8) is 0 Å². The molecule has 2 rings (SSSR count). The van der Waals surface area contributed by atoms with Gasteiger partial charge in [0.25, 0.3) is 0 Å². The molecule has 7 nitrogen and oxygen atoms in total. The van der Waals surface area contributed by atoms with E-state index in [0.717, 1.165) is 11.3 Å². The fourth-order valence-corrected chi connectivity index (χ4v) is 2.42. The van der Waals surface area contributed by atoms with E-state index in [9.17, 15) is 14.4 Å². The van der Waals surface area contributed by atoms with E-state index in [1.165, 1.54) is 18.9 Å². The topological polar surface area (TPSA) is 95.9 Å². The number of aryl methyl sites for hydroxylation is 1. The zero-order valence-electron chi connectivity index (χ0n) is 13.9. The number of aliphatic carboxylic acids is 1. The molecular weight excluding hydrogens is 312 g/mol. The number of nitrogens with zero attached hydrogens (tertiary/aromatic N) is 1. The van der Waals surface area contributed by atoms with Crippen LogP contribution in [-0.4, -0.2) is 47.5 Å². The zero-order chi connectivity index (χ0) is 17.7. The highest BCUT2D eigenvalue weighted by Gasteiger charge is 2.21. The first-order valence-electron chi connectivity index (χ1n) is 7.92. The number of amides is 2. The molecule has 0 unspecified atom stereocenters. The Morgan fingerprint density at radius 3 is 2.83 bits per heavy atom. The molecule has 0 saturated heterocycles. The molecule has 24 heavy (non-hydrogen) atoms. The first-order chi connectivity index (χ1) is 11.4. The zero-order valence-corrected chi connectivity index (χ0v) is 13.9. The Labute approximate surface area is 140 Å². The van der Waals surface area contributed by atoms with E-state index in [0.29, 0.717) is 31.6 Å². The predicted molar refractivity (Wildman–Crippen MR) is 88.0 cm³/mol.